The van der Waals surface area contributed by atoms with E-state index in [9.17, 15) is 14.4 Å². The zero-order chi connectivity index (χ0) is 12.3. The first-order valence-electron chi connectivity index (χ1n) is 4.62. The monoisotopic (exact) mass is 224 g/mol. The van der Waals surface area contributed by atoms with E-state index in [2.05, 4.69) is 5.32 Å². The lowest BCUT2D eigenvalue weighted by atomic mass is 10.2. The van der Waals surface area contributed by atoms with Crippen LogP contribution in [0.1, 0.15) is 17.3 Å². The zero-order valence-electron chi connectivity index (χ0n) is 8.93. The van der Waals surface area contributed by atoms with Crippen LogP contribution in [0.15, 0.2) is 23.1 Å². The smallest absolute Gasteiger partial charge is 0.325 e. The van der Waals surface area contributed by atoms with Crippen LogP contribution in [-0.2, 0) is 11.8 Å². The molecule has 0 aromatic carbocycles. The van der Waals surface area contributed by atoms with Gasteiger partial charge in [0.1, 0.15) is 6.04 Å². The Balaban J connectivity index is 2.85. The quantitative estimate of drug-likeness (QED) is 0.730. The van der Waals surface area contributed by atoms with E-state index in [-0.39, 0.29) is 11.1 Å². The lowest BCUT2D eigenvalue weighted by Gasteiger charge is -2.09. The molecule has 0 fully saturated rings. The van der Waals surface area contributed by atoms with E-state index in [0.29, 0.717) is 0 Å². The Labute approximate surface area is 91.5 Å². The van der Waals surface area contributed by atoms with Crippen LogP contribution in [0.3, 0.4) is 0 Å². The molecule has 0 aliphatic heterocycles. The number of aromatic nitrogens is 1. The van der Waals surface area contributed by atoms with Gasteiger partial charge in [-0.3, -0.25) is 14.4 Å². The molecule has 0 aliphatic rings. The molecule has 0 radical (unpaired) electrons. The second-order valence-corrected chi connectivity index (χ2v) is 3.40. The van der Waals surface area contributed by atoms with Crippen molar-refractivity contribution in [1.29, 1.82) is 0 Å². The molecule has 86 valence electrons. The molecule has 0 spiro atoms. The molecule has 0 saturated heterocycles. The highest BCUT2D eigenvalue weighted by molar-refractivity contribution is 5.96. The largest absolute Gasteiger partial charge is 0.480 e. The average molecular weight is 224 g/mol. The van der Waals surface area contributed by atoms with Gasteiger partial charge in [0.05, 0.1) is 0 Å². The standard InChI is InChI=1S/C10H12N2O4/c1-6(10(15)16)11-9(14)7-3-4-12(2)8(13)5-7/h3-6H,1-2H3,(H,11,14)(H,15,16)/t6-/m1/s1. The summed E-state index contributed by atoms with van der Waals surface area (Å²) in [5.74, 6) is -1.70. The summed E-state index contributed by atoms with van der Waals surface area (Å²) in [5.41, 5.74) is -0.174. The minimum atomic E-state index is -1.13. The number of pyridine rings is 1. The Bertz CT molecular complexity index is 478. The number of aryl methyl sites for hydroxylation is 1. The molecule has 1 aromatic heterocycles. The van der Waals surface area contributed by atoms with Crippen molar-refractivity contribution >= 4 is 11.9 Å². The highest BCUT2D eigenvalue weighted by Crippen LogP contribution is 1.95. The van der Waals surface area contributed by atoms with E-state index in [1.165, 1.54) is 23.8 Å². The van der Waals surface area contributed by atoms with Crippen LogP contribution in [0.4, 0.5) is 0 Å². The lowest BCUT2D eigenvalue weighted by molar-refractivity contribution is -0.138. The average Bonchev–Trinajstić information content (AvgIpc) is 2.21. The maximum Gasteiger partial charge on any atom is 0.325 e. The van der Waals surface area contributed by atoms with Gasteiger partial charge in [-0.25, -0.2) is 0 Å². The molecular weight excluding hydrogens is 212 g/mol. The number of nitrogens with one attached hydrogen (secondary N) is 1. The summed E-state index contributed by atoms with van der Waals surface area (Å²) >= 11 is 0. The van der Waals surface area contributed by atoms with Gasteiger partial charge >= 0.3 is 5.97 Å². The Kier molecular flexibility index (Phi) is 3.44. The Hall–Kier alpha value is -2.11. The number of aliphatic carboxylic acids is 1. The topological polar surface area (TPSA) is 88.4 Å². The van der Waals surface area contributed by atoms with Gasteiger partial charge in [0.25, 0.3) is 11.5 Å². The van der Waals surface area contributed by atoms with Crippen molar-refractivity contribution in [3.8, 4) is 0 Å². The number of carbonyl (C=O) groups is 2. The molecule has 0 unspecified atom stereocenters. The fourth-order valence-corrected chi connectivity index (χ4v) is 1.03. The number of carboxylic acids is 1. The van der Waals surface area contributed by atoms with Crippen LogP contribution in [0.5, 0.6) is 0 Å². The van der Waals surface area contributed by atoms with Gasteiger partial charge in [0, 0.05) is 24.9 Å². The predicted molar refractivity (Wildman–Crippen MR) is 56.2 cm³/mol. The van der Waals surface area contributed by atoms with Crippen LogP contribution in [0.2, 0.25) is 0 Å². The fourth-order valence-electron chi connectivity index (χ4n) is 1.03. The Morgan fingerprint density at radius 2 is 2.12 bits per heavy atom. The summed E-state index contributed by atoms with van der Waals surface area (Å²) in [6.07, 6.45) is 1.45. The van der Waals surface area contributed by atoms with Crippen molar-refractivity contribution in [3.63, 3.8) is 0 Å². The van der Waals surface area contributed by atoms with E-state index in [1.807, 2.05) is 0 Å². The molecule has 0 aliphatic carbocycles. The molecule has 1 heterocycles. The molecule has 6 heteroatoms. The number of nitrogens with zero attached hydrogens (tertiary/aromatic N) is 1. The van der Waals surface area contributed by atoms with Crippen LogP contribution >= 0.6 is 0 Å². The first-order valence-corrected chi connectivity index (χ1v) is 4.62. The molecule has 16 heavy (non-hydrogen) atoms. The molecule has 6 nitrogen and oxygen atoms in total. The number of carbonyl (C=O) groups excluding carboxylic acids is 1. The van der Waals surface area contributed by atoms with E-state index < -0.39 is 17.9 Å². The summed E-state index contributed by atoms with van der Waals surface area (Å²) in [6, 6.07) is 1.62. The first-order chi connectivity index (χ1) is 7.41. The van der Waals surface area contributed by atoms with Crippen LogP contribution in [0.25, 0.3) is 0 Å². The van der Waals surface area contributed by atoms with E-state index in [1.54, 1.807) is 7.05 Å². The highest BCUT2D eigenvalue weighted by Gasteiger charge is 2.15. The molecule has 1 amide bonds. The maximum atomic E-state index is 11.5. The van der Waals surface area contributed by atoms with Crippen LogP contribution in [-0.4, -0.2) is 27.6 Å². The third-order valence-electron chi connectivity index (χ3n) is 2.08. The minimum absolute atomic E-state index is 0.149. The molecule has 1 atom stereocenters. The van der Waals surface area contributed by atoms with Crippen molar-refractivity contribution < 1.29 is 14.7 Å². The van der Waals surface area contributed by atoms with Gasteiger partial charge in [-0.1, -0.05) is 0 Å². The Morgan fingerprint density at radius 1 is 1.50 bits per heavy atom. The van der Waals surface area contributed by atoms with Crippen molar-refractivity contribution in [3.05, 3.63) is 34.2 Å². The van der Waals surface area contributed by atoms with Gasteiger partial charge in [-0.2, -0.15) is 0 Å². The SMILES string of the molecule is C[C@@H](NC(=O)c1ccn(C)c(=O)c1)C(=O)O. The normalized spacial score (nSPS) is 11.9. The predicted octanol–water partition coefficient (Wildman–Crippen LogP) is -0.412. The molecule has 1 aromatic rings. The fraction of sp³-hybridized carbons (Fsp3) is 0.300. The van der Waals surface area contributed by atoms with Crippen molar-refractivity contribution in [2.24, 2.45) is 7.05 Å². The van der Waals surface area contributed by atoms with Gasteiger partial charge in [0.2, 0.25) is 0 Å². The minimum Gasteiger partial charge on any atom is -0.480 e. The summed E-state index contributed by atoms with van der Waals surface area (Å²) in [7, 11) is 1.56. The molecule has 0 bridgehead atoms. The van der Waals surface area contributed by atoms with Gasteiger partial charge < -0.3 is 15.0 Å². The summed E-state index contributed by atoms with van der Waals surface area (Å²) in [6.45, 7) is 1.35. The van der Waals surface area contributed by atoms with Crippen LogP contribution < -0.4 is 10.9 Å². The zero-order valence-corrected chi connectivity index (χ0v) is 8.93. The summed E-state index contributed by atoms with van der Waals surface area (Å²) in [5, 5.41) is 10.9. The number of hydrogen-bond donors (Lipinski definition) is 2. The maximum absolute atomic E-state index is 11.5. The van der Waals surface area contributed by atoms with Gasteiger partial charge in [-0.15, -0.1) is 0 Å². The third-order valence-corrected chi connectivity index (χ3v) is 2.08. The Morgan fingerprint density at radius 3 is 2.62 bits per heavy atom. The molecule has 2 N–H and O–H groups in total. The summed E-state index contributed by atoms with van der Waals surface area (Å²) in [4.78, 5) is 33.2. The van der Waals surface area contributed by atoms with Crippen molar-refractivity contribution in [2.45, 2.75) is 13.0 Å². The number of rotatable bonds is 3. The number of amides is 1. The molecular formula is C10H12N2O4. The molecule has 1 rings (SSSR count). The van der Waals surface area contributed by atoms with Crippen LogP contribution in [0, 0.1) is 0 Å². The van der Waals surface area contributed by atoms with E-state index in [4.69, 9.17) is 5.11 Å². The summed E-state index contributed by atoms with van der Waals surface area (Å²) < 4.78 is 1.32. The van der Waals surface area contributed by atoms with Crippen molar-refractivity contribution in [1.82, 2.24) is 9.88 Å². The van der Waals surface area contributed by atoms with E-state index in [0.717, 1.165) is 6.07 Å². The molecule has 0 saturated carbocycles. The first kappa shape index (κ1) is 12.0. The highest BCUT2D eigenvalue weighted by atomic mass is 16.4. The second kappa shape index (κ2) is 4.61. The van der Waals surface area contributed by atoms with Crippen molar-refractivity contribution in [2.75, 3.05) is 0 Å². The van der Waals surface area contributed by atoms with Gasteiger partial charge in [0.15, 0.2) is 0 Å². The second-order valence-electron chi connectivity index (χ2n) is 3.40. The third kappa shape index (κ3) is 2.69. The number of carboxylic acid groups (broad SMARTS) is 1. The van der Waals surface area contributed by atoms with E-state index >= 15 is 0 Å². The van der Waals surface area contributed by atoms with Gasteiger partial charge in [-0.05, 0) is 13.0 Å². The lowest BCUT2D eigenvalue weighted by Crippen LogP contribution is -2.38. The number of hydrogen-bond acceptors (Lipinski definition) is 3.